The monoisotopic (exact) mass is 430 g/mol. The molecule has 0 saturated carbocycles. The van der Waals surface area contributed by atoms with Gasteiger partial charge in [0.15, 0.2) is 0 Å². The van der Waals surface area contributed by atoms with E-state index < -0.39 is 17.6 Å². The van der Waals surface area contributed by atoms with Crippen LogP contribution in [0.2, 0.25) is 0 Å². The maximum absolute atomic E-state index is 13.4. The third-order valence-electron chi connectivity index (χ3n) is 5.50. The van der Waals surface area contributed by atoms with Gasteiger partial charge in [0.05, 0.1) is 12.1 Å². The number of halogens is 3. The van der Waals surface area contributed by atoms with Crippen LogP contribution in [0.15, 0.2) is 36.7 Å². The number of nitrogens with zero attached hydrogens (tertiary/aromatic N) is 5. The van der Waals surface area contributed by atoms with Crippen LogP contribution in [0.4, 0.5) is 24.8 Å². The van der Waals surface area contributed by atoms with E-state index in [9.17, 15) is 18.0 Å². The lowest BCUT2D eigenvalue weighted by Crippen LogP contribution is -2.24. The van der Waals surface area contributed by atoms with Crippen molar-refractivity contribution in [1.82, 2.24) is 19.7 Å². The van der Waals surface area contributed by atoms with Gasteiger partial charge < -0.3 is 9.88 Å². The lowest BCUT2D eigenvalue weighted by molar-refractivity contribution is -0.138. The Labute approximate surface area is 176 Å². The van der Waals surface area contributed by atoms with Crippen LogP contribution < -0.4 is 10.2 Å². The second-order valence-electron chi connectivity index (χ2n) is 7.58. The number of carbonyl (C=O) groups is 1. The summed E-state index contributed by atoms with van der Waals surface area (Å²) in [6.07, 6.45) is -2.30. The van der Waals surface area contributed by atoms with Crippen LogP contribution >= 0.6 is 0 Å². The van der Waals surface area contributed by atoms with Gasteiger partial charge in [-0.1, -0.05) is 13.0 Å². The normalized spacial score (nSPS) is 14.6. The number of carbonyl (C=O) groups excluding carboxylic acids is 1. The van der Waals surface area contributed by atoms with Crippen molar-refractivity contribution in [3.63, 3.8) is 0 Å². The van der Waals surface area contributed by atoms with Crippen molar-refractivity contribution in [3.8, 4) is 0 Å². The molecule has 0 unspecified atom stereocenters. The number of pyridine rings is 1. The first-order chi connectivity index (χ1) is 14.7. The Balaban J connectivity index is 1.69. The van der Waals surface area contributed by atoms with Crippen LogP contribution in [-0.4, -0.2) is 32.7 Å². The molecule has 1 aliphatic heterocycles. The summed E-state index contributed by atoms with van der Waals surface area (Å²) in [5, 5.41) is 11.0. The summed E-state index contributed by atoms with van der Waals surface area (Å²) in [5.41, 5.74) is 0.129. The van der Waals surface area contributed by atoms with E-state index in [1.807, 2.05) is 24.6 Å². The van der Waals surface area contributed by atoms with Gasteiger partial charge in [-0.25, -0.2) is 4.98 Å². The van der Waals surface area contributed by atoms with Crippen molar-refractivity contribution >= 4 is 17.5 Å². The second kappa shape index (κ2) is 7.68. The third kappa shape index (κ3) is 3.85. The zero-order valence-corrected chi connectivity index (χ0v) is 17.2. The number of alkyl halides is 3. The van der Waals surface area contributed by atoms with E-state index in [1.54, 1.807) is 19.4 Å². The molecule has 0 spiro atoms. The van der Waals surface area contributed by atoms with E-state index in [-0.39, 0.29) is 23.6 Å². The van der Waals surface area contributed by atoms with Gasteiger partial charge >= 0.3 is 6.18 Å². The van der Waals surface area contributed by atoms with Gasteiger partial charge in [-0.05, 0) is 41.3 Å². The van der Waals surface area contributed by atoms with Gasteiger partial charge in [-0.2, -0.15) is 13.2 Å². The number of aryl methyl sites for hydroxylation is 1. The van der Waals surface area contributed by atoms with Crippen molar-refractivity contribution in [2.45, 2.75) is 32.0 Å². The smallest absolute Gasteiger partial charge is 0.373 e. The van der Waals surface area contributed by atoms with Crippen LogP contribution in [0.25, 0.3) is 0 Å². The molecule has 0 radical (unpaired) electrons. The predicted molar refractivity (Wildman–Crippen MR) is 109 cm³/mol. The summed E-state index contributed by atoms with van der Waals surface area (Å²) in [4.78, 5) is 18.7. The number of amides is 1. The minimum absolute atomic E-state index is 0.0163. The molecule has 1 atom stereocenters. The zero-order valence-electron chi connectivity index (χ0n) is 17.2. The Morgan fingerprint density at radius 3 is 2.68 bits per heavy atom. The SMILES string of the molecule is CNc1cc([C@H](C)Cc2nncn2C)cc(N2Cc3c(cccc3C(F)(F)F)C2=O)n1. The van der Waals surface area contributed by atoms with E-state index in [1.165, 1.54) is 17.0 Å². The van der Waals surface area contributed by atoms with E-state index in [0.717, 1.165) is 17.5 Å². The fourth-order valence-corrected chi connectivity index (χ4v) is 3.75. The average Bonchev–Trinajstić information content (AvgIpc) is 3.29. The first-order valence-corrected chi connectivity index (χ1v) is 9.72. The summed E-state index contributed by atoms with van der Waals surface area (Å²) in [6, 6.07) is 7.29. The summed E-state index contributed by atoms with van der Waals surface area (Å²) in [7, 11) is 3.56. The van der Waals surface area contributed by atoms with Crippen molar-refractivity contribution in [2.75, 3.05) is 17.3 Å². The lowest BCUT2D eigenvalue weighted by atomic mass is 9.98. The number of rotatable bonds is 5. The fourth-order valence-electron chi connectivity index (χ4n) is 3.75. The molecule has 0 bridgehead atoms. The van der Waals surface area contributed by atoms with Crippen LogP contribution in [0, 0.1) is 0 Å². The molecule has 31 heavy (non-hydrogen) atoms. The average molecular weight is 430 g/mol. The van der Waals surface area contributed by atoms with Gasteiger partial charge in [0.1, 0.15) is 23.8 Å². The minimum Gasteiger partial charge on any atom is -0.373 e. The molecule has 2 aromatic heterocycles. The number of fused-ring (bicyclic) bond motifs is 1. The Kier molecular flexibility index (Phi) is 5.16. The van der Waals surface area contributed by atoms with Gasteiger partial charge in [0.2, 0.25) is 0 Å². The predicted octanol–water partition coefficient (Wildman–Crippen LogP) is 3.78. The Hall–Kier alpha value is -3.43. The van der Waals surface area contributed by atoms with E-state index in [2.05, 4.69) is 20.5 Å². The lowest BCUT2D eigenvalue weighted by Gasteiger charge is -2.20. The highest BCUT2D eigenvalue weighted by Crippen LogP contribution is 2.38. The maximum atomic E-state index is 13.4. The molecule has 10 heteroatoms. The molecule has 1 aromatic carbocycles. The summed E-state index contributed by atoms with van der Waals surface area (Å²) in [6.45, 7) is 1.83. The second-order valence-corrected chi connectivity index (χ2v) is 7.58. The number of anilines is 2. The topological polar surface area (TPSA) is 75.9 Å². The molecule has 3 heterocycles. The molecule has 4 rings (SSSR count). The Morgan fingerprint density at radius 2 is 2.03 bits per heavy atom. The van der Waals surface area contributed by atoms with Crippen LogP contribution in [0.5, 0.6) is 0 Å². The van der Waals surface area contributed by atoms with E-state index >= 15 is 0 Å². The molecule has 0 fully saturated rings. The van der Waals surface area contributed by atoms with Gasteiger partial charge in [0, 0.05) is 26.1 Å². The van der Waals surface area contributed by atoms with E-state index in [4.69, 9.17) is 0 Å². The fraction of sp³-hybridized carbons (Fsp3) is 0.333. The van der Waals surface area contributed by atoms with Gasteiger partial charge in [-0.15, -0.1) is 10.2 Å². The Morgan fingerprint density at radius 1 is 1.26 bits per heavy atom. The number of hydrogen-bond acceptors (Lipinski definition) is 5. The summed E-state index contributed by atoms with van der Waals surface area (Å²) in [5.74, 6) is 1.16. The number of aromatic nitrogens is 4. The largest absolute Gasteiger partial charge is 0.416 e. The molecule has 7 nitrogen and oxygen atoms in total. The zero-order chi connectivity index (χ0) is 22.3. The molecule has 1 amide bonds. The van der Waals surface area contributed by atoms with E-state index in [0.29, 0.717) is 18.1 Å². The number of hydrogen-bond donors (Lipinski definition) is 1. The molecular weight excluding hydrogens is 409 g/mol. The molecule has 3 aromatic rings. The van der Waals surface area contributed by atoms with Crippen LogP contribution in [0.3, 0.4) is 0 Å². The highest BCUT2D eigenvalue weighted by atomic mass is 19.4. The standard InChI is InChI=1S/C21H21F3N6O/c1-12(7-19-28-26-11-29(19)3)13-8-17(25-2)27-18(9-13)30-10-15-14(20(30)31)5-4-6-16(15)21(22,23)24/h4-6,8-9,11-12H,7,10H2,1-3H3,(H,25,27)/t12-/m1/s1. The molecular formula is C21H21F3N6O. The van der Waals surface area contributed by atoms with Crippen LogP contribution in [0.1, 0.15) is 45.7 Å². The highest BCUT2D eigenvalue weighted by Gasteiger charge is 2.40. The molecule has 0 aliphatic carbocycles. The quantitative estimate of drug-likeness (QED) is 0.667. The van der Waals surface area contributed by atoms with Crippen molar-refractivity contribution < 1.29 is 18.0 Å². The molecule has 162 valence electrons. The summed E-state index contributed by atoms with van der Waals surface area (Å²) < 4.78 is 42.1. The maximum Gasteiger partial charge on any atom is 0.416 e. The minimum atomic E-state index is -4.53. The molecule has 0 saturated heterocycles. The van der Waals surface area contributed by atoms with Crippen LogP contribution in [-0.2, 0) is 26.2 Å². The Bertz CT molecular complexity index is 1140. The van der Waals surface area contributed by atoms with Crippen molar-refractivity contribution in [2.24, 2.45) is 7.05 Å². The number of nitrogens with one attached hydrogen (secondary N) is 1. The number of benzene rings is 1. The highest BCUT2D eigenvalue weighted by molar-refractivity contribution is 6.10. The molecule has 1 N–H and O–H groups in total. The first kappa shape index (κ1) is 20.8. The van der Waals surface area contributed by atoms with Gasteiger partial charge in [0.25, 0.3) is 5.91 Å². The molecule has 1 aliphatic rings. The third-order valence-corrected chi connectivity index (χ3v) is 5.50. The summed E-state index contributed by atoms with van der Waals surface area (Å²) >= 11 is 0. The van der Waals surface area contributed by atoms with Gasteiger partial charge in [-0.3, -0.25) is 9.69 Å². The van der Waals surface area contributed by atoms with Crippen molar-refractivity contribution in [1.29, 1.82) is 0 Å². The first-order valence-electron chi connectivity index (χ1n) is 9.72. The van der Waals surface area contributed by atoms with Crippen molar-refractivity contribution in [3.05, 3.63) is 64.7 Å².